The lowest BCUT2D eigenvalue weighted by atomic mass is 10.1. The molecule has 1 saturated heterocycles. The van der Waals surface area contributed by atoms with Crippen LogP contribution in [0.1, 0.15) is 5.56 Å². The van der Waals surface area contributed by atoms with Crippen molar-refractivity contribution in [3.63, 3.8) is 0 Å². The zero-order chi connectivity index (χ0) is 24.5. The number of benzene rings is 2. The molecule has 182 valence electrons. The Hall–Kier alpha value is -3.82. The van der Waals surface area contributed by atoms with E-state index in [9.17, 15) is 9.18 Å². The number of H-pyrrole nitrogens is 1. The topological polar surface area (TPSA) is 79.5 Å². The third kappa shape index (κ3) is 4.67. The molecule has 6 rings (SSSR count). The number of morpholine rings is 1. The third-order valence-corrected chi connectivity index (χ3v) is 7.22. The van der Waals surface area contributed by atoms with Crippen molar-refractivity contribution in [2.45, 2.75) is 16.3 Å². The van der Waals surface area contributed by atoms with E-state index in [1.807, 2.05) is 42.5 Å². The molecule has 9 heteroatoms. The van der Waals surface area contributed by atoms with Gasteiger partial charge in [0.05, 0.1) is 28.7 Å². The van der Waals surface area contributed by atoms with E-state index in [0.29, 0.717) is 19.8 Å². The molecule has 0 spiro atoms. The van der Waals surface area contributed by atoms with Crippen LogP contribution in [0.15, 0.2) is 81.4 Å². The summed E-state index contributed by atoms with van der Waals surface area (Å²) in [6.07, 6.45) is 1.52. The number of ether oxygens (including phenoxy) is 2. The number of fused-ring (bicyclic) bond motifs is 2. The van der Waals surface area contributed by atoms with Crippen LogP contribution in [0.5, 0.6) is 11.5 Å². The number of aromatic nitrogens is 2. The van der Waals surface area contributed by atoms with E-state index >= 15 is 0 Å². The Morgan fingerprint density at radius 3 is 2.78 bits per heavy atom. The Labute approximate surface area is 211 Å². The minimum Gasteiger partial charge on any atom is -0.454 e. The zero-order valence-corrected chi connectivity index (χ0v) is 20.1. The molecule has 2 aromatic carbocycles. The number of para-hydroxylation sites is 1. The Morgan fingerprint density at radius 1 is 1.06 bits per heavy atom. The van der Waals surface area contributed by atoms with Gasteiger partial charge in [0.1, 0.15) is 5.75 Å². The van der Waals surface area contributed by atoms with E-state index in [0.717, 1.165) is 62.6 Å². The fraction of sp³-hybridized carbons (Fsp3) is 0.185. The second-order valence-corrected chi connectivity index (χ2v) is 9.64. The molecule has 1 fully saturated rings. The smallest absolute Gasteiger partial charge is 0.250 e. The lowest BCUT2D eigenvalue weighted by Crippen LogP contribution is -2.36. The molecule has 0 unspecified atom stereocenters. The van der Waals surface area contributed by atoms with E-state index in [1.165, 1.54) is 12.3 Å². The summed E-state index contributed by atoms with van der Waals surface area (Å²) in [7, 11) is 0. The van der Waals surface area contributed by atoms with E-state index in [-0.39, 0.29) is 5.56 Å². The van der Waals surface area contributed by atoms with E-state index in [2.05, 4.69) is 20.2 Å². The van der Waals surface area contributed by atoms with Crippen molar-refractivity contribution in [2.75, 3.05) is 36.5 Å². The van der Waals surface area contributed by atoms with Crippen molar-refractivity contribution in [3.05, 3.63) is 88.7 Å². The first kappa shape index (κ1) is 22.6. The first-order valence-electron chi connectivity index (χ1n) is 11.7. The maximum atomic E-state index is 13.0. The highest BCUT2D eigenvalue weighted by molar-refractivity contribution is 7.99. The van der Waals surface area contributed by atoms with Crippen LogP contribution < -0.4 is 20.5 Å². The van der Waals surface area contributed by atoms with Crippen molar-refractivity contribution in [1.29, 1.82) is 0 Å². The molecule has 0 saturated carbocycles. The van der Waals surface area contributed by atoms with Gasteiger partial charge in [-0.05, 0) is 48.0 Å². The van der Waals surface area contributed by atoms with Crippen molar-refractivity contribution in [1.82, 2.24) is 9.97 Å². The van der Waals surface area contributed by atoms with Gasteiger partial charge in [-0.3, -0.25) is 4.79 Å². The second-order valence-electron chi connectivity index (χ2n) is 8.56. The maximum absolute atomic E-state index is 13.0. The zero-order valence-electron chi connectivity index (χ0n) is 19.3. The average Bonchev–Trinajstić information content (AvgIpc) is 2.91. The first-order chi connectivity index (χ1) is 17.6. The molecule has 2 N–H and O–H groups in total. The predicted molar refractivity (Wildman–Crippen MR) is 138 cm³/mol. The number of hydrogen-bond acceptors (Lipinski definition) is 7. The Kier molecular flexibility index (Phi) is 6.08. The number of hydrogen-bond donors (Lipinski definition) is 2. The molecule has 36 heavy (non-hydrogen) atoms. The summed E-state index contributed by atoms with van der Waals surface area (Å²) in [5, 5.41) is 3.35. The van der Waals surface area contributed by atoms with Gasteiger partial charge in [0.15, 0.2) is 5.75 Å². The molecule has 4 aromatic rings. The summed E-state index contributed by atoms with van der Waals surface area (Å²) < 4.78 is 24.9. The van der Waals surface area contributed by atoms with Gasteiger partial charge in [-0.15, -0.1) is 0 Å². The van der Waals surface area contributed by atoms with Gasteiger partial charge in [-0.1, -0.05) is 23.9 Å². The number of nitrogens with zero attached hydrogens (tertiary/aromatic N) is 2. The molecule has 0 amide bonds. The van der Waals surface area contributed by atoms with Crippen molar-refractivity contribution in [2.24, 2.45) is 0 Å². The molecule has 4 heterocycles. The van der Waals surface area contributed by atoms with Crippen molar-refractivity contribution in [3.8, 4) is 22.8 Å². The van der Waals surface area contributed by atoms with Gasteiger partial charge in [0.25, 0.3) is 0 Å². The minimum atomic E-state index is -0.490. The highest BCUT2D eigenvalue weighted by atomic mass is 32.2. The molecule has 2 aromatic heterocycles. The van der Waals surface area contributed by atoms with Crippen LogP contribution in [0.2, 0.25) is 0 Å². The molecule has 0 atom stereocenters. The lowest BCUT2D eigenvalue weighted by Gasteiger charge is -2.29. The van der Waals surface area contributed by atoms with Crippen LogP contribution in [0, 0.1) is 5.95 Å². The van der Waals surface area contributed by atoms with Gasteiger partial charge in [-0.2, -0.15) is 4.39 Å². The molecule has 7 nitrogen and oxygen atoms in total. The number of rotatable bonds is 5. The maximum Gasteiger partial charge on any atom is 0.250 e. The molecular weight excluding hydrogens is 479 g/mol. The first-order valence-corrected chi connectivity index (χ1v) is 12.5. The van der Waals surface area contributed by atoms with Gasteiger partial charge >= 0.3 is 0 Å². The summed E-state index contributed by atoms with van der Waals surface area (Å²) in [6.45, 7) is 3.34. The van der Waals surface area contributed by atoms with Gasteiger partial charge in [0, 0.05) is 48.8 Å². The molecule has 0 radical (unpaired) electrons. The van der Waals surface area contributed by atoms with Crippen LogP contribution in [-0.2, 0) is 11.3 Å². The van der Waals surface area contributed by atoms with Gasteiger partial charge in [-0.25, -0.2) is 4.98 Å². The number of halogens is 1. The molecule has 0 aliphatic carbocycles. The standard InChI is InChI=1S/C27H23FN4O3S/c28-25-7-4-17(16-30-25)15-29-18-5-6-22-24(12-18)36-23-3-1-2-20(27(23)35-22)21-13-19(14-26(33)31-21)32-8-10-34-11-9-32/h1-7,12-14,16,29H,8-11,15H2,(H,31,33). The number of aromatic amines is 1. The summed E-state index contributed by atoms with van der Waals surface area (Å²) >= 11 is 1.62. The third-order valence-electron chi connectivity index (χ3n) is 6.14. The average molecular weight is 503 g/mol. The predicted octanol–water partition coefficient (Wildman–Crippen LogP) is 5.28. The monoisotopic (exact) mass is 502 g/mol. The fourth-order valence-electron chi connectivity index (χ4n) is 4.32. The molecule has 2 aliphatic rings. The molecule has 0 bridgehead atoms. The van der Waals surface area contributed by atoms with Gasteiger partial charge in [0.2, 0.25) is 11.5 Å². The van der Waals surface area contributed by atoms with Crippen molar-refractivity contribution < 1.29 is 13.9 Å². The number of anilines is 2. The Morgan fingerprint density at radius 2 is 1.94 bits per heavy atom. The van der Waals surface area contributed by atoms with E-state index in [4.69, 9.17) is 9.47 Å². The Bertz CT molecular complexity index is 1470. The normalized spacial score (nSPS) is 14.5. The van der Waals surface area contributed by atoms with Crippen LogP contribution in [0.25, 0.3) is 11.3 Å². The van der Waals surface area contributed by atoms with E-state index < -0.39 is 5.95 Å². The highest BCUT2D eigenvalue weighted by Crippen LogP contribution is 2.51. The molecule has 2 aliphatic heterocycles. The summed E-state index contributed by atoms with van der Waals surface area (Å²) in [6, 6.07) is 18.6. The number of nitrogens with one attached hydrogen (secondary N) is 2. The van der Waals surface area contributed by atoms with Crippen LogP contribution in [0.3, 0.4) is 0 Å². The quantitative estimate of drug-likeness (QED) is 0.317. The van der Waals surface area contributed by atoms with Gasteiger partial charge < -0.3 is 24.7 Å². The second kappa shape index (κ2) is 9.67. The van der Waals surface area contributed by atoms with Crippen LogP contribution in [0.4, 0.5) is 15.8 Å². The highest BCUT2D eigenvalue weighted by Gasteiger charge is 2.23. The SMILES string of the molecule is O=c1cc(N2CCOCC2)cc(-c2cccc3c2Oc2ccc(NCc4ccc(F)nc4)cc2S3)[nH]1. The molecular formula is C27H23FN4O3S. The van der Waals surface area contributed by atoms with E-state index in [1.54, 1.807) is 23.9 Å². The lowest BCUT2D eigenvalue weighted by molar-refractivity contribution is 0.122. The van der Waals surface area contributed by atoms with Crippen molar-refractivity contribution >= 4 is 23.1 Å². The van der Waals surface area contributed by atoms with Crippen LogP contribution >= 0.6 is 11.8 Å². The Balaban J connectivity index is 1.26. The summed E-state index contributed by atoms with van der Waals surface area (Å²) in [5.74, 6) is 0.986. The summed E-state index contributed by atoms with van der Waals surface area (Å²) in [5.41, 5.74) is 4.10. The largest absolute Gasteiger partial charge is 0.454 e. The summed E-state index contributed by atoms with van der Waals surface area (Å²) in [4.78, 5) is 23.3. The fourth-order valence-corrected chi connectivity index (χ4v) is 5.34. The van der Waals surface area contributed by atoms with Crippen LogP contribution in [-0.4, -0.2) is 36.3 Å². The minimum absolute atomic E-state index is 0.150. The number of pyridine rings is 2.